The average molecular weight is 206 g/mol. The smallest absolute Gasteiger partial charge is 0.253 e. The summed E-state index contributed by atoms with van der Waals surface area (Å²) < 4.78 is 14.6. The number of primary amides is 1. The number of nitrogens with zero attached hydrogens (tertiary/aromatic N) is 3. The van der Waals surface area contributed by atoms with E-state index in [9.17, 15) is 9.18 Å². The van der Waals surface area contributed by atoms with Crippen molar-refractivity contribution in [2.75, 3.05) is 0 Å². The van der Waals surface area contributed by atoms with Crippen molar-refractivity contribution in [1.82, 2.24) is 14.8 Å². The molecule has 0 fully saturated rings. The van der Waals surface area contributed by atoms with Crippen molar-refractivity contribution in [3.05, 3.63) is 42.2 Å². The number of nitrogens with two attached hydrogens (primary N) is 1. The number of carbonyl (C=O) groups is 1. The molecule has 0 unspecified atom stereocenters. The van der Waals surface area contributed by atoms with Crippen LogP contribution >= 0.6 is 0 Å². The van der Waals surface area contributed by atoms with Crippen molar-refractivity contribution < 1.29 is 9.18 Å². The van der Waals surface area contributed by atoms with Crippen LogP contribution in [0.2, 0.25) is 0 Å². The number of aromatic nitrogens is 3. The number of benzene rings is 1. The first-order valence-corrected chi connectivity index (χ1v) is 4.13. The number of hydrogen-bond acceptors (Lipinski definition) is 3. The molecule has 0 bridgehead atoms. The Labute approximate surface area is 84.3 Å². The second kappa shape index (κ2) is 3.49. The van der Waals surface area contributed by atoms with Gasteiger partial charge in [-0.05, 0) is 12.1 Å². The van der Waals surface area contributed by atoms with Crippen molar-refractivity contribution in [2.24, 2.45) is 5.73 Å². The molecule has 15 heavy (non-hydrogen) atoms. The molecule has 1 aromatic carbocycles. The fourth-order valence-electron chi connectivity index (χ4n) is 1.28. The van der Waals surface area contributed by atoms with Crippen LogP contribution in [0, 0.1) is 5.82 Å². The van der Waals surface area contributed by atoms with Gasteiger partial charge in [0, 0.05) is 0 Å². The van der Waals surface area contributed by atoms with E-state index in [1.54, 1.807) is 0 Å². The quantitative estimate of drug-likeness (QED) is 0.777. The average Bonchev–Trinajstić information content (AvgIpc) is 2.69. The lowest BCUT2D eigenvalue weighted by Crippen LogP contribution is -2.17. The highest BCUT2D eigenvalue weighted by Gasteiger charge is 2.15. The van der Waals surface area contributed by atoms with Gasteiger partial charge in [-0.3, -0.25) is 4.79 Å². The van der Waals surface area contributed by atoms with Crippen molar-refractivity contribution in [2.45, 2.75) is 0 Å². The summed E-state index contributed by atoms with van der Waals surface area (Å²) in [6, 6.07) is 4.18. The predicted molar refractivity (Wildman–Crippen MR) is 49.8 cm³/mol. The van der Waals surface area contributed by atoms with Crippen LogP contribution in [0.4, 0.5) is 4.39 Å². The fraction of sp³-hybridized carbons (Fsp3) is 0. The number of carbonyl (C=O) groups excluding carboxylic acids is 1. The van der Waals surface area contributed by atoms with Gasteiger partial charge in [-0.1, -0.05) is 6.07 Å². The van der Waals surface area contributed by atoms with Gasteiger partial charge < -0.3 is 5.73 Å². The molecule has 6 heteroatoms. The molecule has 2 aromatic rings. The lowest BCUT2D eigenvalue weighted by Gasteiger charge is -2.06. The molecule has 0 atom stereocenters. The molecule has 1 aromatic heterocycles. The largest absolute Gasteiger partial charge is 0.365 e. The van der Waals surface area contributed by atoms with Crippen LogP contribution in [0.3, 0.4) is 0 Å². The molecule has 5 nitrogen and oxygen atoms in total. The highest BCUT2D eigenvalue weighted by molar-refractivity contribution is 5.96. The summed E-state index contributed by atoms with van der Waals surface area (Å²) in [5, 5.41) is 3.80. The number of amides is 1. The Balaban J connectivity index is 2.66. The second-order valence-corrected chi connectivity index (χ2v) is 2.84. The normalized spacial score (nSPS) is 10.2. The van der Waals surface area contributed by atoms with Crippen molar-refractivity contribution in [1.29, 1.82) is 0 Å². The lowest BCUT2D eigenvalue weighted by atomic mass is 10.1. The summed E-state index contributed by atoms with van der Waals surface area (Å²) >= 11 is 0. The Kier molecular flexibility index (Phi) is 2.17. The van der Waals surface area contributed by atoms with E-state index in [-0.39, 0.29) is 11.3 Å². The van der Waals surface area contributed by atoms with Gasteiger partial charge in [0.05, 0.1) is 5.69 Å². The first-order chi connectivity index (χ1) is 7.20. The Hall–Kier alpha value is -2.24. The molecule has 0 radical (unpaired) electrons. The number of hydrogen-bond donors (Lipinski definition) is 1. The molecular formula is C9H7FN4O. The summed E-state index contributed by atoms with van der Waals surface area (Å²) in [5.74, 6) is -1.51. The van der Waals surface area contributed by atoms with Gasteiger partial charge in [-0.2, -0.15) is 5.10 Å². The molecule has 1 amide bonds. The Bertz CT molecular complexity index is 495. The minimum absolute atomic E-state index is 0.192. The van der Waals surface area contributed by atoms with E-state index in [0.717, 1.165) is 0 Å². The van der Waals surface area contributed by atoms with Crippen molar-refractivity contribution in [3.63, 3.8) is 0 Å². The van der Waals surface area contributed by atoms with Crippen LogP contribution in [-0.2, 0) is 0 Å². The highest BCUT2D eigenvalue weighted by atomic mass is 19.1. The summed E-state index contributed by atoms with van der Waals surface area (Å²) in [7, 11) is 0. The van der Waals surface area contributed by atoms with E-state index in [1.165, 1.54) is 35.5 Å². The van der Waals surface area contributed by atoms with Crippen LogP contribution in [0.1, 0.15) is 10.4 Å². The first kappa shape index (κ1) is 9.32. The summed E-state index contributed by atoms with van der Waals surface area (Å²) in [6.07, 6.45) is 2.65. The minimum Gasteiger partial charge on any atom is -0.365 e. The summed E-state index contributed by atoms with van der Waals surface area (Å²) in [4.78, 5) is 14.8. The maximum absolute atomic E-state index is 13.3. The van der Waals surface area contributed by atoms with Crippen LogP contribution < -0.4 is 5.73 Å². The Morgan fingerprint density at radius 1 is 1.47 bits per heavy atom. The number of rotatable bonds is 2. The summed E-state index contributed by atoms with van der Waals surface area (Å²) in [5.41, 5.74) is 5.17. The molecule has 2 rings (SSSR count). The first-order valence-electron chi connectivity index (χ1n) is 4.13. The third-order valence-electron chi connectivity index (χ3n) is 1.90. The SMILES string of the molecule is NC(=O)c1c(F)cccc1-n1cncn1. The molecule has 0 aliphatic heterocycles. The van der Waals surface area contributed by atoms with E-state index in [0.29, 0.717) is 0 Å². The zero-order valence-corrected chi connectivity index (χ0v) is 7.59. The zero-order chi connectivity index (χ0) is 10.8. The molecule has 0 aliphatic carbocycles. The lowest BCUT2D eigenvalue weighted by molar-refractivity contribution is 0.0996. The van der Waals surface area contributed by atoms with Gasteiger partial charge in [-0.15, -0.1) is 0 Å². The van der Waals surface area contributed by atoms with E-state index in [1.807, 2.05) is 0 Å². The van der Waals surface area contributed by atoms with Crippen LogP contribution in [0.5, 0.6) is 0 Å². The van der Waals surface area contributed by atoms with Gasteiger partial charge in [0.15, 0.2) is 0 Å². The third kappa shape index (κ3) is 1.56. The fourth-order valence-corrected chi connectivity index (χ4v) is 1.28. The third-order valence-corrected chi connectivity index (χ3v) is 1.90. The zero-order valence-electron chi connectivity index (χ0n) is 7.59. The van der Waals surface area contributed by atoms with Gasteiger partial charge in [-0.25, -0.2) is 14.1 Å². The van der Waals surface area contributed by atoms with Crippen LogP contribution in [-0.4, -0.2) is 20.7 Å². The van der Waals surface area contributed by atoms with Crippen molar-refractivity contribution >= 4 is 5.91 Å². The molecular weight excluding hydrogens is 199 g/mol. The van der Waals surface area contributed by atoms with E-state index >= 15 is 0 Å². The van der Waals surface area contributed by atoms with E-state index in [4.69, 9.17) is 5.73 Å². The predicted octanol–water partition coefficient (Wildman–Crippen LogP) is 0.505. The Morgan fingerprint density at radius 3 is 2.87 bits per heavy atom. The van der Waals surface area contributed by atoms with Gasteiger partial charge in [0.25, 0.3) is 5.91 Å². The van der Waals surface area contributed by atoms with Crippen LogP contribution in [0.25, 0.3) is 5.69 Å². The minimum atomic E-state index is -0.835. The van der Waals surface area contributed by atoms with E-state index in [2.05, 4.69) is 10.1 Å². The molecule has 0 saturated heterocycles. The maximum Gasteiger partial charge on any atom is 0.253 e. The van der Waals surface area contributed by atoms with E-state index < -0.39 is 11.7 Å². The maximum atomic E-state index is 13.3. The standard InChI is InChI=1S/C9H7FN4O/c10-6-2-1-3-7(8(6)9(11)15)14-5-12-4-13-14/h1-5H,(H2,11,15). The molecule has 1 heterocycles. The van der Waals surface area contributed by atoms with Gasteiger partial charge in [0.2, 0.25) is 0 Å². The molecule has 0 spiro atoms. The van der Waals surface area contributed by atoms with Gasteiger partial charge >= 0.3 is 0 Å². The Morgan fingerprint density at radius 2 is 2.27 bits per heavy atom. The van der Waals surface area contributed by atoms with Crippen LogP contribution in [0.15, 0.2) is 30.9 Å². The molecule has 76 valence electrons. The molecule has 0 saturated carbocycles. The topological polar surface area (TPSA) is 73.8 Å². The van der Waals surface area contributed by atoms with Crippen molar-refractivity contribution in [3.8, 4) is 5.69 Å². The van der Waals surface area contributed by atoms with Gasteiger partial charge in [0.1, 0.15) is 24.0 Å². The summed E-state index contributed by atoms with van der Waals surface area (Å²) in [6.45, 7) is 0. The number of halogens is 1. The monoisotopic (exact) mass is 206 g/mol. The highest BCUT2D eigenvalue weighted by Crippen LogP contribution is 2.15. The second-order valence-electron chi connectivity index (χ2n) is 2.84. The molecule has 0 aliphatic rings. The molecule has 2 N–H and O–H groups in total.